The van der Waals surface area contributed by atoms with Crippen molar-refractivity contribution in [2.45, 2.75) is 19.3 Å². The summed E-state index contributed by atoms with van der Waals surface area (Å²) in [6.07, 6.45) is 0. The van der Waals surface area contributed by atoms with Gasteiger partial charge in [0.2, 0.25) is 0 Å². The van der Waals surface area contributed by atoms with Crippen LogP contribution in [0.1, 0.15) is 25.0 Å². The maximum Gasteiger partial charge on any atom is 0.0541 e. The van der Waals surface area contributed by atoms with Crippen molar-refractivity contribution in [2.75, 3.05) is 5.32 Å². The Balaban J connectivity index is 1.29. The molecule has 0 fully saturated rings. The lowest BCUT2D eigenvalue weighted by atomic mass is 9.81. The fourth-order valence-electron chi connectivity index (χ4n) is 6.00. The minimum atomic E-state index is -0.0432. The van der Waals surface area contributed by atoms with Crippen LogP contribution in [0.15, 0.2) is 115 Å². The summed E-state index contributed by atoms with van der Waals surface area (Å²) in [7, 11) is 0. The van der Waals surface area contributed by atoms with Gasteiger partial charge in [0.1, 0.15) is 0 Å². The Morgan fingerprint density at radius 3 is 1.89 bits per heavy atom. The summed E-state index contributed by atoms with van der Waals surface area (Å²) in [5.74, 6) is 0. The Hall–Kier alpha value is -4.30. The molecule has 0 unspecified atom stereocenters. The number of benzene rings is 5. The Morgan fingerprint density at radius 2 is 1.17 bits per heavy atom. The predicted octanol–water partition coefficient (Wildman–Crippen LogP) is 8.83. The molecule has 1 aliphatic carbocycles. The topological polar surface area (TPSA) is 17.0 Å². The summed E-state index contributed by atoms with van der Waals surface area (Å²) in [5.41, 5.74) is 11.3. The van der Waals surface area contributed by atoms with E-state index in [1.807, 2.05) is 0 Å². The molecule has 5 aromatic carbocycles. The Labute approximate surface area is 205 Å². The molecule has 2 heteroatoms. The predicted molar refractivity (Wildman–Crippen MR) is 148 cm³/mol. The second-order valence-electron chi connectivity index (χ2n) is 9.94. The van der Waals surface area contributed by atoms with Gasteiger partial charge in [-0.15, -0.1) is 0 Å². The first-order chi connectivity index (χ1) is 17.1. The lowest BCUT2D eigenvalue weighted by Crippen LogP contribution is -2.16. The fourth-order valence-corrected chi connectivity index (χ4v) is 6.00. The van der Waals surface area contributed by atoms with E-state index in [0.717, 1.165) is 5.69 Å². The second-order valence-corrected chi connectivity index (χ2v) is 9.94. The summed E-state index contributed by atoms with van der Waals surface area (Å²) >= 11 is 0. The first-order valence-corrected chi connectivity index (χ1v) is 12.2. The van der Waals surface area contributed by atoms with Gasteiger partial charge < -0.3 is 9.88 Å². The van der Waals surface area contributed by atoms with Crippen molar-refractivity contribution in [1.82, 2.24) is 4.57 Å². The third kappa shape index (κ3) is 2.90. The van der Waals surface area contributed by atoms with Gasteiger partial charge >= 0.3 is 0 Å². The number of nitrogens with one attached hydrogen (secondary N) is 1. The smallest absolute Gasteiger partial charge is 0.0541 e. The second kappa shape index (κ2) is 7.35. The largest absolute Gasteiger partial charge is 0.355 e. The van der Waals surface area contributed by atoms with Crippen molar-refractivity contribution in [1.29, 1.82) is 0 Å². The van der Waals surface area contributed by atoms with Crippen LogP contribution < -0.4 is 5.32 Å². The van der Waals surface area contributed by atoms with Crippen molar-refractivity contribution in [3.05, 3.63) is 126 Å². The zero-order chi connectivity index (χ0) is 23.6. The van der Waals surface area contributed by atoms with Crippen LogP contribution in [-0.2, 0) is 5.41 Å². The number of aromatic nitrogens is 1. The maximum atomic E-state index is 3.73. The van der Waals surface area contributed by atoms with E-state index in [-0.39, 0.29) is 5.41 Å². The van der Waals surface area contributed by atoms with Crippen LogP contribution in [0.2, 0.25) is 0 Å². The number of fused-ring (bicyclic) bond motifs is 6. The highest BCUT2D eigenvalue weighted by Gasteiger charge is 2.37. The van der Waals surface area contributed by atoms with Crippen LogP contribution in [-0.4, -0.2) is 4.57 Å². The fraction of sp³-hybridized carbons (Fsp3) is 0.0909. The number of hydrogen-bond acceptors (Lipinski definition) is 1. The Morgan fingerprint density at radius 1 is 0.571 bits per heavy atom. The van der Waals surface area contributed by atoms with Gasteiger partial charge in [-0.25, -0.2) is 0 Å². The highest BCUT2D eigenvalue weighted by molar-refractivity contribution is 6.09. The number of anilines is 2. The van der Waals surface area contributed by atoms with Gasteiger partial charge in [-0.1, -0.05) is 86.6 Å². The van der Waals surface area contributed by atoms with E-state index in [1.54, 1.807) is 0 Å². The van der Waals surface area contributed by atoms with Crippen LogP contribution in [0.3, 0.4) is 0 Å². The minimum absolute atomic E-state index is 0.0432. The van der Waals surface area contributed by atoms with Crippen LogP contribution in [0.25, 0.3) is 38.6 Å². The third-order valence-electron chi connectivity index (χ3n) is 7.56. The molecule has 7 rings (SSSR count). The van der Waals surface area contributed by atoms with Gasteiger partial charge in [0.05, 0.1) is 11.0 Å². The number of para-hydroxylation sites is 2. The summed E-state index contributed by atoms with van der Waals surface area (Å²) in [6.45, 7) is 4.66. The average Bonchev–Trinajstić information content (AvgIpc) is 3.35. The Bertz CT molecular complexity index is 1680. The lowest BCUT2D eigenvalue weighted by molar-refractivity contribution is 0.662. The first kappa shape index (κ1) is 20.1. The molecule has 0 atom stereocenters. The molecular weight excluding hydrogens is 424 g/mol. The van der Waals surface area contributed by atoms with Gasteiger partial charge in [0.15, 0.2) is 0 Å². The van der Waals surface area contributed by atoms with Gasteiger partial charge in [0.25, 0.3) is 0 Å². The average molecular weight is 451 g/mol. The zero-order valence-electron chi connectivity index (χ0n) is 19.9. The summed E-state index contributed by atoms with van der Waals surface area (Å²) in [5, 5.41) is 6.30. The molecule has 0 radical (unpaired) electrons. The van der Waals surface area contributed by atoms with E-state index < -0.39 is 0 Å². The first-order valence-electron chi connectivity index (χ1n) is 12.2. The molecule has 0 bridgehead atoms. The number of hydrogen-bond donors (Lipinski definition) is 1. The summed E-state index contributed by atoms with van der Waals surface area (Å²) < 4.78 is 2.36. The van der Waals surface area contributed by atoms with E-state index in [0.29, 0.717) is 0 Å². The summed E-state index contributed by atoms with van der Waals surface area (Å²) in [6, 6.07) is 41.5. The van der Waals surface area contributed by atoms with E-state index in [1.165, 1.54) is 55.4 Å². The van der Waals surface area contributed by atoms with Crippen molar-refractivity contribution in [2.24, 2.45) is 0 Å². The van der Waals surface area contributed by atoms with Gasteiger partial charge in [-0.3, -0.25) is 0 Å². The van der Waals surface area contributed by atoms with Gasteiger partial charge in [0, 0.05) is 33.2 Å². The van der Waals surface area contributed by atoms with Crippen molar-refractivity contribution in [3.8, 4) is 16.8 Å². The molecule has 1 heterocycles. The van der Waals surface area contributed by atoms with Crippen LogP contribution >= 0.6 is 0 Å². The molecule has 1 aromatic heterocycles. The van der Waals surface area contributed by atoms with Crippen molar-refractivity contribution in [3.63, 3.8) is 0 Å². The SMILES string of the molecule is CC1(C)c2ccccc2-c2cccc(Nc3ccc(-n4c5ccccc5c5ccccc54)cc3)c21. The third-order valence-corrected chi connectivity index (χ3v) is 7.56. The number of nitrogens with zero attached hydrogens (tertiary/aromatic N) is 1. The summed E-state index contributed by atoms with van der Waals surface area (Å²) in [4.78, 5) is 0. The van der Waals surface area contributed by atoms with Crippen LogP contribution in [0.4, 0.5) is 11.4 Å². The van der Waals surface area contributed by atoms with Gasteiger partial charge in [-0.05, 0) is 64.7 Å². The molecule has 2 nitrogen and oxygen atoms in total. The zero-order valence-corrected chi connectivity index (χ0v) is 19.9. The molecule has 0 aliphatic heterocycles. The van der Waals surface area contributed by atoms with Crippen molar-refractivity contribution < 1.29 is 0 Å². The monoisotopic (exact) mass is 450 g/mol. The van der Waals surface area contributed by atoms with E-state index in [2.05, 4.69) is 139 Å². The maximum absolute atomic E-state index is 3.73. The van der Waals surface area contributed by atoms with E-state index >= 15 is 0 Å². The number of rotatable bonds is 3. The molecule has 35 heavy (non-hydrogen) atoms. The molecule has 0 saturated heterocycles. The molecule has 0 spiro atoms. The normalized spacial score (nSPS) is 13.7. The van der Waals surface area contributed by atoms with Crippen LogP contribution in [0.5, 0.6) is 0 Å². The highest BCUT2D eigenvalue weighted by Crippen LogP contribution is 2.51. The molecule has 168 valence electrons. The highest BCUT2D eigenvalue weighted by atomic mass is 15.0. The standard InChI is InChI=1S/C33H26N2/c1-33(2)28-14-6-3-10-24(28)27-13-9-15-29(32(27)33)34-22-18-20-23(21-19-22)35-30-16-7-4-11-25(30)26-12-5-8-17-31(26)35/h3-21,34H,1-2H3. The quantitative estimate of drug-likeness (QED) is 0.285. The van der Waals surface area contributed by atoms with E-state index in [9.17, 15) is 0 Å². The van der Waals surface area contributed by atoms with Crippen molar-refractivity contribution >= 4 is 33.2 Å². The van der Waals surface area contributed by atoms with Gasteiger partial charge in [-0.2, -0.15) is 0 Å². The Kier molecular flexibility index (Phi) is 4.22. The molecule has 6 aromatic rings. The molecule has 0 amide bonds. The molecular formula is C33H26N2. The lowest BCUT2D eigenvalue weighted by Gasteiger charge is -2.24. The molecule has 0 saturated carbocycles. The van der Waals surface area contributed by atoms with Crippen LogP contribution in [0, 0.1) is 0 Å². The molecule has 1 N–H and O–H groups in total. The molecule has 1 aliphatic rings. The minimum Gasteiger partial charge on any atom is -0.355 e. The van der Waals surface area contributed by atoms with E-state index in [4.69, 9.17) is 0 Å².